The van der Waals surface area contributed by atoms with E-state index in [-0.39, 0.29) is 55.8 Å². The smallest absolute Gasteiger partial charge is 0.264 e. The highest BCUT2D eigenvalue weighted by Gasteiger charge is 2.26. The van der Waals surface area contributed by atoms with E-state index in [1.807, 2.05) is 36.7 Å². The van der Waals surface area contributed by atoms with Gasteiger partial charge in [-0.1, -0.05) is 13.8 Å². The van der Waals surface area contributed by atoms with Crippen molar-refractivity contribution in [1.29, 1.82) is 0 Å². The highest BCUT2D eigenvalue weighted by Crippen LogP contribution is 2.32. The van der Waals surface area contributed by atoms with E-state index in [0.717, 1.165) is 5.56 Å². The van der Waals surface area contributed by atoms with Gasteiger partial charge in [-0.25, -0.2) is 10.1 Å². The summed E-state index contributed by atoms with van der Waals surface area (Å²) in [5.74, 6) is 0.410. The molecule has 1 aliphatic rings. The maximum absolute atomic E-state index is 13.2. The van der Waals surface area contributed by atoms with Crippen LogP contribution in [0.25, 0.3) is 11.4 Å². The largest absolute Gasteiger partial charge is 0.493 e. The van der Waals surface area contributed by atoms with Gasteiger partial charge in [0.15, 0.2) is 11.5 Å². The lowest BCUT2D eigenvalue weighted by atomic mass is 10.0. The number of methoxy groups -OCH3 is 1. The average molecular weight is 566 g/mol. The third kappa shape index (κ3) is 7.71. The van der Waals surface area contributed by atoms with Gasteiger partial charge in [-0.15, -0.1) is 0 Å². The fourth-order valence-corrected chi connectivity index (χ4v) is 4.48. The molecule has 3 heterocycles. The van der Waals surface area contributed by atoms with Crippen molar-refractivity contribution in [3.63, 3.8) is 0 Å². The predicted molar refractivity (Wildman–Crippen MR) is 149 cm³/mol. The van der Waals surface area contributed by atoms with Crippen LogP contribution in [-0.2, 0) is 27.3 Å². The molecule has 0 spiro atoms. The van der Waals surface area contributed by atoms with Crippen molar-refractivity contribution in [3.8, 4) is 22.9 Å². The molecule has 2 bridgehead atoms. The molecule has 3 amide bonds. The van der Waals surface area contributed by atoms with E-state index < -0.39 is 11.9 Å². The summed E-state index contributed by atoms with van der Waals surface area (Å²) in [5, 5.41) is 12.0. The Morgan fingerprint density at radius 2 is 2.00 bits per heavy atom. The summed E-state index contributed by atoms with van der Waals surface area (Å²) >= 11 is 0. The molecule has 41 heavy (non-hydrogen) atoms. The van der Waals surface area contributed by atoms with Gasteiger partial charge in [-0.2, -0.15) is 5.10 Å². The highest BCUT2D eigenvalue weighted by molar-refractivity contribution is 5.90. The van der Waals surface area contributed by atoms with Gasteiger partial charge in [0.05, 0.1) is 25.9 Å². The molecule has 13 heteroatoms. The second-order valence-electron chi connectivity index (χ2n) is 9.97. The second kappa shape index (κ2) is 13.6. The zero-order chi connectivity index (χ0) is 29.4. The minimum atomic E-state index is -0.779. The Kier molecular flexibility index (Phi) is 9.72. The third-order valence-electron chi connectivity index (χ3n) is 6.69. The number of rotatable bonds is 5. The van der Waals surface area contributed by atoms with Gasteiger partial charge >= 0.3 is 0 Å². The summed E-state index contributed by atoms with van der Waals surface area (Å²) in [4.78, 5) is 56.5. The number of aromatic amines is 1. The zero-order valence-electron chi connectivity index (χ0n) is 23.4. The summed E-state index contributed by atoms with van der Waals surface area (Å²) in [7, 11) is 1.54. The van der Waals surface area contributed by atoms with Gasteiger partial charge in [0.2, 0.25) is 17.7 Å². The van der Waals surface area contributed by atoms with Crippen LogP contribution >= 0.6 is 0 Å². The first-order chi connectivity index (χ1) is 19.7. The number of carbonyl (C=O) groups is 3. The number of benzene rings is 1. The molecule has 13 nitrogen and oxygen atoms in total. The standard InChI is InChI=1S/C28H35N7O6/c1-18(2)26-28(39)30-11-13-34-12-10-29-27(34)19-4-7-21(40-3)22(16-19)41-15-14-35(17-24(37)31-26)25(38)9-6-20-5-8-23(36)33-32-20/h4-5,7-8,10,12,16,18,26H,6,9,11,13-15,17H2,1-3H3,(H,30,39)(H,31,37)(H,33,36)/t26-/m1/s1. The van der Waals surface area contributed by atoms with Crippen LogP contribution in [-0.4, -0.2) is 81.8 Å². The number of hydrogen-bond donors (Lipinski definition) is 3. The summed E-state index contributed by atoms with van der Waals surface area (Å²) in [6.45, 7) is 4.40. The van der Waals surface area contributed by atoms with Crippen LogP contribution in [0.3, 0.4) is 0 Å². The van der Waals surface area contributed by atoms with Crippen molar-refractivity contribution in [2.75, 3.05) is 33.4 Å². The van der Waals surface area contributed by atoms with Crippen LogP contribution in [0.15, 0.2) is 47.5 Å². The van der Waals surface area contributed by atoms with E-state index in [4.69, 9.17) is 9.47 Å². The first-order valence-corrected chi connectivity index (χ1v) is 13.5. The van der Waals surface area contributed by atoms with E-state index in [9.17, 15) is 19.2 Å². The van der Waals surface area contributed by atoms with Crippen molar-refractivity contribution < 1.29 is 23.9 Å². The number of ether oxygens (including phenoxy) is 2. The minimum Gasteiger partial charge on any atom is -0.493 e. The molecule has 0 radical (unpaired) electrons. The third-order valence-corrected chi connectivity index (χ3v) is 6.69. The number of imidazole rings is 1. The van der Waals surface area contributed by atoms with Crippen LogP contribution < -0.4 is 25.7 Å². The fraction of sp³-hybridized carbons (Fsp3) is 0.429. The zero-order valence-corrected chi connectivity index (χ0v) is 23.4. The number of hydrogen-bond acceptors (Lipinski definition) is 8. The summed E-state index contributed by atoms with van der Waals surface area (Å²) in [5.41, 5.74) is 0.998. The molecule has 3 aromatic rings. The molecule has 1 aliphatic heterocycles. The fourth-order valence-electron chi connectivity index (χ4n) is 4.48. The number of aromatic nitrogens is 4. The van der Waals surface area contributed by atoms with Crippen LogP contribution in [0.1, 0.15) is 26.0 Å². The quantitative estimate of drug-likeness (QED) is 0.409. The number of carbonyl (C=O) groups excluding carboxylic acids is 3. The Morgan fingerprint density at radius 1 is 1.17 bits per heavy atom. The summed E-state index contributed by atoms with van der Waals surface area (Å²) < 4.78 is 13.4. The normalized spacial score (nSPS) is 16.7. The molecule has 3 N–H and O–H groups in total. The van der Waals surface area contributed by atoms with Crippen LogP contribution in [0.5, 0.6) is 11.5 Å². The molecule has 0 unspecified atom stereocenters. The van der Waals surface area contributed by atoms with E-state index in [0.29, 0.717) is 36.1 Å². The molecular formula is C28H35N7O6. The Bertz CT molecular complexity index is 1410. The Morgan fingerprint density at radius 3 is 2.73 bits per heavy atom. The van der Waals surface area contributed by atoms with Gasteiger partial charge in [0.1, 0.15) is 18.5 Å². The molecule has 0 aliphatic carbocycles. The van der Waals surface area contributed by atoms with E-state index in [2.05, 4.69) is 25.8 Å². The van der Waals surface area contributed by atoms with Crippen molar-refractivity contribution in [3.05, 3.63) is 58.8 Å². The molecule has 1 aromatic carbocycles. The van der Waals surface area contributed by atoms with Crippen LogP contribution in [0.2, 0.25) is 0 Å². The Labute approximate surface area is 237 Å². The molecule has 0 saturated carbocycles. The maximum Gasteiger partial charge on any atom is 0.264 e. The number of fused-ring (bicyclic) bond motifs is 4. The van der Waals surface area contributed by atoms with Crippen molar-refractivity contribution >= 4 is 17.7 Å². The molecule has 4 rings (SSSR count). The number of nitrogens with zero attached hydrogens (tertiary/aromatic N) is 4. The van der Waals surface area contributed by atoms with Gasteiger partial charge in [0, 0.05) is 50.0 Å². The topological polar surface area (TPSA) is 161 Å². The Balaban J connectivity index is 1.59. The Hall–Kier alpha value is -4.68. The molecular weight excluding hydrogens is 530 g/mol. The minimum absolute atomic E-state index is 0.0574. The van der Waals surface area contributed by atoms with E-state index >= 15 is 0 Å². The number of amides is 3. The summed E-state index contributed by atoms with van der Waals surface area (Å²) in [6, 6.07) is 7.57. The van der Waals surface area contributed by atoms with Gasteiger partial charge in [-0.3, -0.25) is 19.2 Å². The number of aryl methyl sites for hydroxylation is 1. The van der Waals surface area contributed by atoms with Crippen LogP contribution in [0.4, 0.5) is 0 Å². The molecule has 1 atom stereocenters. The lowest BCUT2D eigenvalue weighted by molar-refractivity contribution is -0.137. The second-order valence-corrected chi connectivity index (χ2v) is 9.97. The molecule has 0 fully saturated rings. The maximum atomic E-state index is 13.2. The summed E-state index contributed by atoms with van der Waals surface area (Å²) in [6.07, 6.45) is 3.84. The van der Waals surface area contributed by atoms with E-state index in [1.165, 1.54) is 18.1 Å². The van der Waals surface area contributed by atoms with Gasteiger partial charge < -0.3 is 29.6 Å². The number of nitrogens with one attached hydrogen (secondary N) is 3. The molecule has 2 aromatic heterocycles. The predicted octanol–water partition coefficient (Wildman–Crippen LogP) is 0.753. The van der Waals surface area contributed by atoms with Crippen molar-refractivity contribution in [2.45, 2.75) is 39.3 Å². The molecule has 218 valence electrons. The highest BCUT2D eigenvalue weighted by atomic mass is 16.5. The number of H-pyrrole nitrogens is 1. The van der Waals surface area contributed by atoms with E-state index in [1.54, 1.807) is 18.3 Å². The first-order valence-electron chi connectivity index (χ1n) is 13.5. The van der Waals surface area contributed by atoms with Crippen molar-refractivity contribution in [2.24, 2.45) is 5.92 Å². The lowest BCUT2D eigenvalue weighted by Crippen LogP contribution is -2.53. The van der Waals surface area contributed by atoms with Crippen LogP contribution in [0, 0.1) is 5.92 Å². The lowest BCUT2D eigenvalue weighted by Gasteiger charge is -2.26. The van der Waals surface area contributed by atoms with Crippen molar-refractivity contribution in [1.82, 2.24) is 35.3 Å². The molecule has 0 saturated heterocycles. The monoisotopic (exact) mass is 565 g/mol. The van der Waals surface area contributed by atoms with Gasteiger partial charge in [0.25, 0.3) is 5.56 Å². The van der Waals surface area contributed by atoms with Gasteiger partial charge in [-0.05, 0) is 30.2 Å². The SMILES string of the molecule is COc1ccc2cc1OCCN(C(=O)CCc1ccc(=O)[nH]n1)CC(=O)N[C@H](C(C)C)C(=O)NCCn1ccnc1-2. The first kappa shape index (κ1) is 29.3. The average Bonchev–Trinajstić information content (AvgIpc) is 3.42.